The fraction of sp³-hybridized carbons (Fsp3) is 0.619. The second kappa shape index (κ2) is 7.40. The van der Waals surface area contributed by atoms with Gasteiger partial charge in [0.15, 0.2) is 0 Å². The summed E-state index contributed by atoms with van der Waals surface area (Å²) in [5.74, 6) is 1.02. The Balaban J connectivity index is 1.40. The molecular weight excluding hydrogens is 358 g/mol. The number of carbonyl (C=O) groups is 1. The third-order valence-electron chi connectivity index (χ3n) is 6.62. The summed E-state index contributed by atoms with van der Waals surface area (Å²) in [6.45, 7) is 9.77. The Morgan fingerprint density at radius 1 is 1.41 bits per heavy atom. The van der Waals surface area contributed by atoms with Gasteiger partial charge in [0.05, 0.1) is 11.3 Å². The zero-order valence-corrected chi connectivity index (χ0v) is 17.4. The number of hydrogen-bond donors (Lipinski definition) is 1. The fourth-order valence-corrected chi connectivity index (χ4v) is 5.47. The Morgan fingerprint density at radius 3 is 2.85 bits per heavy atom. The fourth-order valence-electron chi connectivity index (χ4n) is 4.35. The van der Waals surface area contributed by atoms with Crippen molar-refractivity contribution in [2.75, 3.05) is 13.1 Å². The molecule has 4 rings (SSSR count). The maximum absolute atomic E-state index is 12.8. The first-order chi connectivity index (χ1) is 13.0. The summed E-state index contributed by atoms with van der Waals surface area (Å²) < 4.78 is 5.29. The second-order valence-electron chi connectivity index (χ2n) is 8.20. The van der Waals surface area contributed by atoms with Gasteiger partial charge in [0, 0.05) is 42.0 Å². The van der Waals surface area contributed by atoms with Gasteiger partial charge in [0.2, 0.25) is 0 Å². The third-order valence-corrected chi connectivity index (χ3v) is 7.64. The molecule has 6 heteroatoms. The van der Waals surface area contributed by atoms with E-state index in [1.54, 1.807) is 11.3 Å². The lowest BCUT2D eigenvalue weighted by Crippen LogP contribution is -2.42. The van der Waals surface area contributed by atoms with Gasteiger partial charge in [-0.05, 0) is 50.5 Å². The van der Waals surface area contributed by atoms with Crippen LogP contribution in [0, 0.1) is 19.3 Å². The van der Waals surface area contributed by atoms with Crippen LogP contribution in [0.5, 0.6) is 0 Å². The summed E-state index contributed by atoms with van der Waals surface area (Å²) in [4.78, 5) is 16.5. The first kappa shape index (κ1) is 18.7. The summed E-state index contributed by atoms with van der Waals surface area (Å²) >= 11 is 1.72. The average Bonchev–Trinajstić information content (AvgIpc) is 3.19. The van der Waals surface area contributed by atoms with Crippen LogP contribution in [0.25, 0.3) is 0 Å². The number of nitrogens with zero attached hydrogens (tertiary/aromatic N) is 2. The van der Waals surface area contributed by atoms with Crippen LogP contribution in [0.3, 0.4) is 0 Å². The average molecular weight is 388 g/mol. The number of aryl methyl sites for hydroxylation is 2. The number of amides is 1. The quantitative estimate of drug-likeness (QED) is 0.806. The van der Waals surface area contributed by atoms with E-state index in [0.29, 0.717) is 5.41 Å². The minimum absolute atomic E-state index is 0.117. The van der Waals surface area contributed by atoms with E-state index >= 15 is 0 Å². The lowest BCUT2D eigenvalue weighted by atomic mass is 9.67. The van der Waals surface area contributed by atoms with Crippen molar-refractivity contribution < 1.29 is 9.32 Å². The van der Waals surface area contributed by atoms with Gasteiger partial charge < -0.3 is 9.84 Å². The van der Waals surface area contributed by atoms with Gasteiger partial charge >= 0.3 is 0 Å². The number of aromatic nitrogens is 1. The van der Waals surface area contributed by atoms with Gasteiger partial charge in [-0.1, -0.05) is 18.5 Å². The van der Waals surface area contributed by atoms with Gasteiger partial charge in [0.25, 0.3) is 5.91 Å². The van der Waals surface area contributed by atoms with Crippen molar-refractivity contribution in [2.24, 2.45) is 5.41 Å². The molecule has 0 spiro atoms. The highest BCUT2D eigenvalue weighted by Crippen LogP contribution is 2.43. The van der Waals surface area contributed by atoms with Crippen LogP contribution in [0.2, 0.25) is 0 Å². The summed E-state index contributed by atoms with van der Waals surface area (Å²) in [6.07, 6.45) is 5.90. The third kappa shape index (κ3) is 3.57. The number of carbonyl (C=O) groups excluding carboxylic acids is 1. The molecule has 27 heavy (non-hydrogen) atoms. The SMILES string of the molecule is CCC1(CNC(=O)c2csc3c2CCN(Cc2c(C)noc2C)C3)CCC1. The monoisotopic (exact) mass is 387 g/mol. The smallest absolute Gasteiger partial charge is 0.252 e. The van der Waals surface area contributed by atoms with Gasteiger partial charge in [-0.15, -0.1) is 11.3 Å². The minimum atomic E-state index is 0.117. The molecule has 2 aromatic heterocycles. The molecule has 0 unspecified atom stereocenters. The van der Waals surface area contributed by atoms with Gasteiger partial charge in [-0.25, -0.2) is 0 Å². The molecule has 146 valence electrons. The standard InChI is InChI=1S/C21H29N3O2S/c1-4-21(7-5-8-21)13-22-20(25)18-12-27-19-11-24(9-6-16(18)19)10-17-14(2)23-26-15(17)3/h12H,4-11,13H2,1-3H3,(H,22,25). The molecular formula is C21H29N3O2S. The molecule has 0 atom stereocenters. The van der Waals surface area contributed by atoms with Crippen LogP contribution in [0.4, 0.5) is 0 Å². The van der Waals surface area contributed by atoms with E-state index in [1.807, 2.05) is 13.8 Å². The topological polar surface area (TPSA) is 58.4 Å². The largest absolute Gasteiger partial charge is 0.361 e. The molecule has 1 aliphatic carbocycles. The summed E-state index contributed by atoms with van der Waals surface area (Å²) in [5.41, 5.74) is 4.68. The Morgan fingerprint density at radius 2 is 2.22 bits per heavy atom. The van der Waals surface area contributed by atoms with E-state index < -0.39 is 0 Å². The number of hydrogen-bond acceptors (Lipinski definition) is 5. The highest BCUT2D eigenvalue weighted by molar-refractivity contribution is 7.10. The van der Waals surface area contributed by atoms with Crippen LogP contribution in [-0.2, 0) is 19.5 Å². The lowest BCUT2D eigenvalue weighted by molar-refractivity contribution is 0.0849. The first-order valence-electron chi connectivity index (χ1n) is 10.0. The van der Waals surface area contributed by atoms with Crippen molar-refractivity contribution in [3.8, 4) is 0 Å². The molecule has 2 aromatic rings. The van der Waals surface area contributed by atoms with Gasteiger partial charge in [-0.3, -0.25) is 9.69 Å². The zero-order valence-electron chi connectivity index (χ0n) is 16.6. The van der Waals surface area contributed by atoms with E-state index in [-0.39, 0.29) is 5.91 Å². The second-order valence-corrected chi connectivity index (χ2v) is 9.17. The number of thiophene rings is 1. The first-order valence-corrected chi connectivity index (χ1v) is 10.9. The molecule has 1 fully saturated rings. The molecule has 1 aliphatic heterocycles. The van der Waals surface area contributed by atoms with Crippen LogP contribution < -0.4 is 5.32 Å². The molecule has 0 saturated heterocycles. The van der Waals surface area contributed by atoms with Gasteiger partial charge in [0.1, 0.15) is 5.76 Å². The zero-order chi connectivity index (χ0) is 19.0. The number of nitrogens with one attached hydrogen (secondary N) is 1. The van der Waals surface area contributed by atoms with E-state index in [2.05, 4.69) is 27.7 Å². The molecule has 1 saturated carbocycles. The Labute approximate surface area is 165 Å². The van der Waals surface area contributed by atoms with E-state index in [0.717, 1.165) is 56.0 Å². The minimum Gasteiger partial charge on any atom is -0.361 e. The lowest BCUT2D eigenvalue weighted by Gasteiger charge is -2.41. The van der Waals surface area contributed by atoms with Crippen LogP contribution in [0.15, 0.2) is 9.90 Å². The van der Waals surface area contributed by atoms with Crippen LogP contribution in [0.1, 0.15) is 70.4 Å². The van der Waals surface area contributed by atoms with Gasteiger partial charge in [-0.2, -0.15) is 0 Å². The predicted octanol–water partition coefficient (Wildman–Crippen LogP) is 4.22. The van der Waals surface area contributed by atoms with E-state index in [4.69, 9.17) is 4.52 Å². The van der Waals surface area contributed by atoms with Crippen LogP contribution in [-0.4, -0.2) is 29.1 Å². The number of fused-ring (bicyclic) bond motifs is 1. The highest BCUT2D eigenvalue weighted by atomic mass is 32.1. The predicted molar refractivity (Wildman–Crippen MR) is 107 cm³/mol. The Hall–Kier alpha value is -1.66. The highest BCUT2D eigenvalue weighted by Gasteiger charge is 2.35. The molecule has 1 amide bonds. The Kier molecular flexibility index (Phi) is 5.12. The van der Waals surface area contributed by atoms with Crippen molar-refractivity contribution >= 4 is 17.2 Å². The maximum atomic E-state index is 12.8. The molecule has 0 radical (unpaired) electrons. The molecule has 2 aliphatic rings. The normalized spacial score (nSPS) is 18.8. The summed E-state index contributed by atoms with van der Waals surface area (Å²) in [5, 5.41) is 9.34. The molecule has 3 heterocycles. The molecule has 0 bridgehead atoms. The molecule has 5 nitrogen and oxygen atoms in total. The summed E-state index contributed by atoms with van der Waals surface area (Å²) in [7, 11) is 0. The summed E-state index contributed by atoms with van der Waals surface area (Å²) in [6, 6.07) is 0. The van der Waals surface area contributed by atoms with Crippen molar-refractivity contribution in [3.05, 3.63) is 38.4 Å². The van der Waals surface area contributed by atoms with Crippen molar-refractivity contribution in [1.29, 1.82) is 0 Å². The van der Waals surface area contributed by atoms with E-state index in [1.165, 1.54) is 35.3 Å². The number of rotatable bonds is 6. The Bertz CT molecular complexity index is 810. The van der Waals surface area contributed by atoms with Crippen molar-refractivity contribution in [2.45, 2.75) is 66.0 Å². The van der Waals surface area contributed by atoms with Crippen molar-refractivity contribution in [3.63, 3.8) is 0 Å². The van der Waals surface area contributed by atoms with Crippen LogP contribution >= 0.6 is 11.3 Å². The van der Waals surface area contributed by atoms with Crippen molar-refractivity contribution in [1.82, 2.24) is 15.4 Å². The molecule has 0 aromatic carbocycles. The maximum Gasteiger partial charge on any atom is 0.252 e. The van der Waals surface area contributed by atoms with E-state index in [9.17, 15) is 4.79 Å². The molecule has 1 N–H and O–H groups in total.